The van der Waals surface area contributed by atoms with E-state index in [1.165, 1.54) is 36.3 Å². The maximum absolute atomic E-state index is 12.3. The Hall–Kier alpha value is -2.90. The zero-order valence-corrected chi connectivity index (χ0v) is 12.4. The van der Waals surface area contributed by atoms with Crippen molar-refractivity contribution in [1.82, 2.24) is 9.80 Å². The van der Waals surface area contributed by atoms with E-state index in [4.69, 9.17) is 0 Å². The van der Waals surface area contributed by atoms with Gasteiger partial charge in [0.05, 0.1) is 18.7 Å². The minimum absolute atomic E-state index is 0.224. The zero-order chi connectivity index (χ0) is 16.6. The predicted molar refractivity (Wildman–Crippen MR) is 75.7 cm³/mol. The Balaban J connectivity index is 1.61. The van der Waals surface area contributed by atoms with Gasteiger partial charge < -0.3 is 14.4 Å². The average Bonchev–Trinajstić information content (AvgIpc) is 2.85. The third-order valence-electron chi connectivity index (χ3n) is 3.85. The minimum Gasteiger partial charge on any atom is -0.465 e. The molecule has 2 saturated heterocycles. The van der Waals surface area contributed by atoms with Gasteiger partial charge in [0, 0.05) is 18.7 Å². The fraction of sp³-hybridized carbons (Fsp3) is 0.333. The highest BCUT2D eigenvalue weighted by Crippen LogP contribution is 2.21. The SMILES string of the molecule is COC(=O)c1ccc(C(=O)N2CC(N3C(=O)COC3=O)C2)cc1. The quantitative estimate of drug-likeness (QED) is 0.743. The molecule has 0 unspecified atom stereocenters. The molecule has 0 atom stereocenters. The number of hydrogen-bond acceptors (Lipinski definition) is 6. The number of ether oxygens (including phenoxy) is 2. The number of esters is 1. The number of imide groups is 1. The summed E-state index contributed by atoms with van der Waals surface area (Å²) in [7, 11) is 1.28. The van der Waals surface area contributed by atoms with E-state index in [0.29, 0.717) is 11.1 Å². The van der Waals surface area contributed by atoms with Gasteiger partial charge in [-0.25, -0.2) is 14.5 Å². The van der Waals surface area contributed by atoms with Crippen LogP contribution in [0.5, 0.6) is 0 Å². The van der Waals surface area contributed by atoms with Crippen LogP contribution in [0.4, 0.5) is 4.79 Å². The van der Waals surface area contributed by atoms with Gasteiger partial charge in [-0.15, -0.1) is 0 Å². The molecule has 23 heavy (non-hydrogen) atoms. The third-order valence-corrected chi connectivity index (χ3v) is 3.85. The van der Waals surface area contributed by atoms with Crippen molar-refractivity contribution < 1.29 is 28.7 Å². The monoisotopic (exact) mass is 318 g/mol. The zero-order valence-electron chi connectivity index (χ0n) is 12.4. The number of benzene rings is 1. The van der Waals surface area contributed by atoms with Crippen molar-refractivity contribution >= 4 is 23.9 Å². The van der Waals surface area contributed by atoms with Crippen LogP contribution in [0, 0.1) is 0 Å². The first kappa shape index (κ1) is 15.0. The van der Waals surface area contributed by atoms with Crippen molar-refractivity contribution in [2.75, 3.05) is 26.8 Å². The van der Waals surface area contributed by atoms with Crippen LogP contribution < -0.4 is 0 Å². The molecular formula is C15H14N2O6. The molecule has 3 rings (SSSR count). The number of rotatable bonds is 3. The van der Waals surface area contributed by atoms with Crippen molar-refractivity contribution in [3.05, 3.63) is 35.4 Å². The van der Waals surface area contributed by atoms with Gasteiger partial charge in [0.2, 0.25) is 0 Å². The molecule has 0 aliphatic carbocycles. The van der Waals surface area contributed by atoms with Gasteiger partial charge in [0.15, 0.2) is 6.61 Å². The topological polar surface area (TPSA) is 93.2 Å². The van der Waals surface area contributed by atoms with E-state index in [-0.39, 0.29) is 37.6 Å². The molecule has 2 aliphatic rings. The molecule has 0 bridgehead atoms. The number of methoxy groups -OCH3 is 1. The highest BCUT2D eigenvalue weighted by atomic mass is 16.6. The van der Waals surface area contributed by atoms with Crippen molar-refractivity contribution in [3.8, 4) is 0 Å². The van der Waals surface area contributed by atoms with Crippen LogP contribution >= 0.6 is 0 Å². The molecule has 0 spiro atoms. The summed E-state index contributed by atoms with van der Waals surface area (Å²) in [5.41, 5.74) is 0.780. The second-order valence-corrected chi connectivity index (χ2v) is 5.25. The number of likely N-dealkylation sites (tertiary alicyclic amines) is 1. The first-order valence-electron chi connectivity index (χ1n) is 6.97. The first-order chi connectivity index (χ1) is 11.0. The van der Waals surface area contributed by atoms with Gasteiger partial charge in [-0.2, -0.15) is 0 Å². The summed E-state index contributed by atoms with van der Waals surface area (Å²) in [6, 6.07) is 5.76. The highest BCUT2D eigenvalue weighted by Gasteiger charge is 2.44. The molecule has 2 fully saturated rings. The molecule has 8 heteroatoms. The van der Waals surface area contributed by atoms with Crippen molar-refractivity contribution in [3.63, 3.8) is 0 Å². The van der Waals surface area contributed by atoms with Gasteiger partial charge in [-0.3, -0.25) is 9.59 Å². The summed E-state index contributed by atoms with van der Waals surface area (Å²) in [5, 5.41) is 0. The molecule has 120 valence electrons. The van der Waals surface area contributed by atoms with Crippen molar-refractivity contribution in [1.29, 1.82) is 0 Å². The average molecular weight is 318 g/mol. The summed E-state index contributed by atoms with van der Waals surface area (Å²) >= 11 is 0. The number of nitrogens with zero attached hydrogens (tertiary/aromatic N) is 2. The van der Waals surface area contributed by atoms with Gasteiger partial charge in [-0.1, -0.05) is 0 Å². The largest absolute Gasteiger partial charge is 0.465 e. The van der Waals surface area contributed by atoms with Gasteiger partial charge in [0.25, 0.3) is 11.8 Å². The fourth-order valence-electron chi connectivity index (χ4n) is 2.55. The third kappa shape index (κ3) is 2.63. The molecule has 3 amide bonds. The molecule has 0 radical (unpaired) electrons. The van der Waals surface area contributed by atoms with Gasteiger partial charge in [-0.05, 0) is 24.3 Å². The summed E-state index contributed by atoms with van der Waals surface area (Å²) < 4.78 is 9.24. The smallest absolute Gasteiger partial charge is 0.417 e. The lowest BCUT2D eigenvalue weighted by molar-refractivity contribution is -0.129. The first-order valence-corrected chi connectivity index (χ1v) is 6.97. The summed E-state index contributed by atoms with van der Waals surface area (Å²) in [4.78, 5) is 49.2. The number of carbonyl (C=O) groups is 4. The number of cyclic esters (lactones) is 1. The maximum Gasteiger partial charge on any atom is 0.417 e. The Bertz CT molecular complexity index is 662. The molecule has 2 heterocycles. The van der Waals surface area contributed by atoms with Crippen LogP contribution in [0.3, 0.4) is 0 Å². The predicted octanol–water partition coefficient (Wildman–Crippen LogP) is 0.276. The Morgan fingerprint density at radius 1 is 1.13 bits per heavy atom. The Kier molecular flexibility index (Phi) is 3.73. The van der Waals surface area contributed by atoms with E-state index in [0.717, 1.165) is 4.90 Å². The van der Waals surface area contributed by atoms with Gasteiger partial charge in [0.1, 0.15) is 0 Å². The molecule has 1 aromatic carbocycles. The van der Waals surface area contributed by atoms with E-state index < -0.39 is 12.1 Å². The van der Waals surface area contributed by atoms with E-state index in [1.54, 1.807) is 0 Å². The summed E-state index contributed by atoms with van der Waals surface area (Å²) in [6.07, 6.45) is -0.658. The second kappa shape index (κ2) is 5.71. The van der Waals surface area contributed by atoms with Crippen molar-refractivity contribution in [2.45, 2.75) is 6.04 Å². The molecular weight excluding hydrogens is 304 g/mol. The summed E-state index contributed by atoms with van der Waals surface area (Å²) in [6.45, 7) is 0.315. The molecule has 0 N–H and O–H groups in total. The fourth-order valence-corrected chi connectivity index (χ4v) is 2.55. The standard InChI is InChI=1S/C15H14N2O6/c1-22-14(20)10-4-2-9(3-5-10)13(19)16-6-11(7-16)17-12(18)8-23-15(17)21/h2-5,11H,6-8H2,1H3. The van der Waals surface area contributed by atoms with Crippen LogP contribution in [-0.4, -0.2) is 66.5 Å². The number of hydrogen-bond donors (Lipinski definition) is 0. The van der Waals surface area contributed by atoms with E-state index in [1.807, 2.05) is 0 Å². The normalized spacial score (nSPS) is 17.8. The van der Waals surface area contributed by atoms with E-state index in [2.05, 4.69) is 9.47 Å². The molecule has 8 nitrogen and oxygen atoms in total. The van der Waals surface area contributed by atoms with Crippen LogP contribution in [0.1, 0.15) is 20.7 Å². The molecule has 2 aliphatic heterocycles. The van der Waals surface area contributed by atoms with E-state index in [9.17, 15) is 19.2 Å². The molecule has 0 aromatic heterocycles. The molecule has 0 saturated carbocycles. The lowest BCUT2D eigenvalue weighted by Crippen LogP contribution is -2.62. The number of carbonyl (C=O) groups excluding carboxylic acids is 4. The van der Waals surface area contributed by atoms with Gasteiger partial charge >= 0.3 is 12.1 Å². The minimum atomic E-state index is -0.658. The Morgan fingerprint density at radius 3 is 2.26 bits per heavy atom. The molecule has 1 aromatic rings. The van der Waals surface area contributed by atoms with Crippen LogP contribution in [0.15, 0.2) is 24.3 Å². The van der Waals surface area contributed by atoms with E-state index >= 15 is 0 Å². The van der Waals surface area contributed by atoms with Crippen LogP contribution in [0.2, 0.25) is 0 Å². The highest BCUT2D eigenvalue weighted by molar-refractivity contribution is 5.99. The summed E-state index contributed by atoms with van der Waals surface area (Å²) in [5.74, 6) is -1.08. The Labute approximate surface area is 131 Å². The van der Waals surface area contributed by atoms with Crippen LogP contribution in [0.25, 0.3) is 0 Å². The van der Waals surface area contributed by atoms with Crippen molar-refractivity contribution in [2.24, 2.45) is 0 Å². The lowest BCUT2D eigenvalue weighted by atomic mass is 10.0. The Morgan fingerprint density at radius 2 is 1.74 bits per heavy atom. The van der Waals surface area contributed by atoms with Crippen LogP contribution in [-0.2, 0) is 14.3 Å². The number of amides is 3. The second-order valence-electron chi connectivity index (χ2n) is 5.25. The lowest BCUT2D eigenvalue weighted by Gasteiger charge is -2.41. The maximum atomic E-state index is 12.3.